The summed E-state index contributed by atoms with van der Waals surface area (Å²) < 4.78 is 36.1. The van der Waals surface area contributed by atoms with Crippen molar-refractivity contribution in [2.24, 2.45) is 0 Å². The highest BCUT2D eigenvalue weighted by molar-refractivity contribution is 5.92. The highest BCUT2D eigenvalue weighted by Crippen LogP contribution is 2.29. The fraction of sp³-hybridized carbons (Fsp3) is 0.550. The third kappa shape index (κ3) is 6.82. The molecule has 0 unspecified atom stereocenters. The molecule has 27 heavy (non-hydrogen) atoms. The van der Waals surface area contributed by atoms with Crippen LogP contribution in [0.2, 0.25) is 0 Å². The Balaban J connectivity index is 1.94. The fourth-order valence-electron chi connectivity index (χ4n) is 2.85. The Morgan fingerprint density at radius 3 is 2.52 bits per heavy atom. The van der Waals surface area contributed by atoms with Crippen molar-refractivity contribution in [3.63, 3.8) is 0 Å². The second kappa shape index (κ2) is 10.9. The van der Waals surface area contributed by atoms with E-state index in [0.29, 0.717) is 50.9 Å². The van der Waals surface area contributed by atoms with Crippen LogP contribution in [0.1, 0.15) is 25.8 Å². The number of rotatable bonds is 9. The minimum absolute atomic E-state index is 0.115. The van der Waals surface area contributed by atoms with Crippen molar-refractivity contribution < 1.29 is 23.0 Å². The minimum Gasteiger partial charge on any atom is -0.490 e. The summed E-state index contributed by atoms with van der Waals surface area (Å²) in [4.78, 5) is 15.7. The summed E-state index contributed by atoms with van der Waals surface area (Å²) in [6.07, 6.45) is 1.82. The van der Waals surface area contributed by atoms with Gasteiger partial charge < -0.3 is 14.4 Å². The van der Waals surface area contributed by atoms with E-state index < -0.39 is 6.43 Å². The molecule has 150 valence electrons. The summed E-state index contributed by atoms with van der Waals surface area (Å²) in [6, 6.07) is 5.56. The van der Waals surface area contributed by atoms with Crippen LogP contribution in [0.25, 0.3) is 6.08 Å². The molecule has 1 saturated heterocycles. The van der Waals surface area contributed by atoms with Gasteiger partial charge in [-0.1, -0.05) is 13.0 Å². The number of amides is 1. The maximum atomic E-state index is 12.4. The highest BCUT2D eigenvalue weighted by atomic mass is 19.3. The second-order valence-corrected chi connectivity index (χ2v) is 6.34. The maximum Gasteiger partial charge on any atom is 0.251 e. The van der Waals surface area contributed by atoms with Gasteiger partial charge in [0, 0.05) is 32.3 Å². The molecule has 1 heterocycles. The topological polar surface area (TPSA) is 42.0 Å². The lowest BCUT2D eigenvalue weighted by molar-refractivity contribution is -0.127. The van der Waals surface area contributed by atoms with Crippen LogP contribution in [0.3, 0.4) is 0 Å². The first-order valence-electron chi connectivity index (χ1n) is 9.40. The number of hydrogen-bond donors (Lipinski definition) is 0. The summed E-state index contributed by atoms with van der Waals surface area (Å²) in [5, 5.41) is 0. The van der Waals surface area contributed by atoms with Gasteiger partial charge in [0.25, 0.3) is 6.43 Å². The number of carbonyl (C=O) groups excluding carboxylic acids is 1. The third-order valence-corrected chi connectivity index (χ3v) is 4.23. The van der Waals surface area contributed by atoms with Crippen LogP contribution in [0.4, 0.5) is 8.78 Å². The van der Waals surface area contributed by atoms with Crippen molar-refractivity contribution in [1.29, 1.82) is 0 Å². The van der Waals surface area contributed by atoms with Crippen LogP contribution < -0.4 is 9.47 Å². The molecule has 0 spiro atoms. The van der Waals surface area contributed by atoms with Crippen LogP contribution in [0.15, 0.2) is 24.3 Å². The molecule has 1 aliphatic heterocycles. The van der Waals surface area contributed by atoms with Crippen molar-refractivity contribution in [3.8, 4) is 11.5 Å². The molecule has 1 aromatic carbocycles. The third-order valence-electron chi connectivity index (χ3n) is 4.23. The number of hydrogen-bond acceptors (Lipinski definition) is 4. The van der Waals surface area contributed by atoms with Crippen LogP contribution in [0.5, 0.6) is 11.5 Å². The van der Waals surface area contributed by atoms with Crippen molar-refractivity contribution in [1.82, 2.24) is 9.80 Å². The molecule has 0 aliphatic carbocycles. The van der Waals surface area contributed by atoms with E-state index in [-0.39, 0.29) is 12.5 Å². The van der Waals surface area contributed by atoms with E-state index >= 15 is 0 Å². The van der Waals surface area contributed by atoms with Gasteiger partial charge in [0.1, 0.15) is 0 Å². The zero-order valence-corrected chi connectivity index (χ0v) is 16.0. The molecule has 7 heteroatoms. The van der Waals surface area contributed by atoms with Gasteiger partial charge in [0.2, 0.25) is 5.91 Å². The molecular weight excluding hydrogens is 354 g/mol. The predicted molar refractivity (Wildman–Crippen MR) is 101 cm³/mol. The summed E-state index contributed by atoms with van der Waals surface area (Å²) in [5.74, 6) is 1.23. The lowest BCUT2D eigenvalue weighted by atomic mass is 10.1. The molecule has 0 N–H and O–H groups in total. The summed E-state index contributed by atoms with van der Waals surface area (Å²) >= 11 is 0. The number of alkyl halides is 2. The van der Waals surface area contributed by atoms with E-state index in [4.69, 9.17) is 9.47 Å². The number of halogens is 2. The molecule has 1 amide bonds. The average Bonchev–Trinajstić information content (AvgIpc) is 2.65. The van der Waals surface area contributed by atoms with Gasteiger partial charge in [-0.15, -0.1) is 0 Å². The van der Waals surface area contributed by atoms with E-state index in [9.17, 15) is 13.6 Å². The molecule has 0 bridgehead atoms. The first-order chi connectivity index (χ1) is 13.0. The van der Waals surface area contributed by atoms with Gasteiger partial charge in [-0.3, -0.25) is 9.69 Å². The average molecular weight is 382 g/mol. The predicted octanol–water partition coefficient (Wildman–Crippen LogP) is 3.30. The maximum absolute atomic E-state index is 12.4. The summed E-state index contributed by atoms with van der Waals surface area (Å²) in [5.41, 5.74) is 0.840. The largest absolute Gasteiger partial charge is 0.490 e. The zero-order valence-electron chi connectivity index (χ0n) is 16.0. The Kier molecular flexibility index (Phi) is 8.51. The molecule has 1 aliphatic rings. The van der Waals surface area contributed by atoms with Gasteiger partial charge in [-0.05, 0) is 37.1 Å². The van der Waals surface area contributed by atoms with Gasteiger partial charge in [0.05, 0.1) is 19.8 Å². The quantitative estimate of drug-likeness (QED) is 0.615. The zero-order chi connectivity index (χ0) is 19.6. The van der Waals surface area contributed by atoms with Crippen molar-refractivity contribution in [3.05, 3.63) is 29.8 Å². The van der Waals surface area contributed by atoms with E-state index in [1.165, 1.54) is 6.08 Å². The number of carbonyl (C=O) groups is 1. The lowest BCUT2D eigenvalue weighted by Gasteiger charge is -2.33. The molecule has 1 fully saturated rings. The molecular formula is C20H28F2N2O3. The highest BCUT2D eigenvalue weighted by Gasteiger charge is 2.21. The van der Waals surface area contributed by atoms with E-state index in [1.54, 1.807) is 15.9 Å². The van der Waals surface area contributed by atoms with Crippen LogP contribution >= 0.6 is 0 Å². The van der Waals surface area contributed by atoms with Crippen LogP contribution in [-0.4, -0.2) is 68.1 Å². The summed E-state index contributed by atoms with van der Waals surface area (Å²) in [7, 11) is 0. The van der Waals surface area contributed by atoms with Crippen LogP contribution in [-0.2, 0) is 4.79 Å². The van der Waals surface area contributed by atoms with Gasteiger partial charge in [-0.2, -0.15) is 0 Å². The van der Waals surface area contributed by atoms with Gasteiger partial charge in [0.15, 0.2) is 11.5 Å². The molecule has 1 aromatic rings. The molecule has 0 saturated carbocycles. The number of piperazine rings is 1. The first kappa shape index (κ1) is 21.2. The minimum atomic E-state index is -2.34. The Morgan fingerprint density at radius 2 is 1.89 bits per heavy atom. The monoisotopic (exact) mass is 382 g/mol. The number of nitrogens with zero attached hydrogens (tertiary/aromatic N) is 2. The van der Waals surface area contributed by atoms with Crippen molar-refractivity contribution in [2.45, 2.75) is 26.7 Å². The Labute approximate surface area is 159 Å². The van der Waals surface area contributed by atoms with Gasteiger partial charge >= 0.3 is 0 Å². The van der Waals surface area contributed by atoms with E-state index in [1.807, 2.05) is 32.0 Å². The number of ether oxygens (including phenoxy) is 2. The standard InChI is InChI=1S/C20H28F2N2O3/c1-3-13-27-17-7-5-16(14-18(17)26-4-2)6-8-20(25)24-11-9-23(10-12-24)15-19(21)22/h5-8,14,19H,3-4,9-13,15H2,1-2H3/b8-6+. The Bertz CT molecular complexity index is 630. The molecule has 0 radical (unpaired) electrons. The van der Waals surface area contributed by atoms with Gasteiger partial charge in [-0.25, -0.2) is 8.78 Å². The lowest BCUT2D eigenvalue weighted by Crippen LogP contribution is -2.49. The van der Waals surface area contributed by atoms with E-state index in [0.717, 1.165) is 12.0 Å². The van der Waals surface area contributed by atoms with E-state index in [2.05, 4.69) is 0 Å². The van der Waals surface area contributed by atoms with Crippen LogP contribution in [0, 0.1) is 0 Å². The molecule has 0 aromatic heterocycles. The first-order valence-corrected chi connectivity index (χ1v) is 9.40. The normalized spacial score (nSPS) is 15.5. The summed E-state index contributed by atoms with van der Waals surface area (Å²) in [6.45, 7) is 6.73. The molecule has 0 atom stereocenters. The number of benzene rings is 1. The second-order valence-electron chi connectivity index (χ2n) is 6.34. The molecule has 2 rings (SSSR count). The van der Waals surface area contributed by atoms with Crippen molar-refractivity contribution in [2.75, 3.05) is 45.9 Å². The van der Waals surface area contributed by atoms with Crippen molar-refractivity contribution >= 4 is 12.0 Å². The fourth-order valence-corrected chi connectivity index (χ4v) is 2.85. The smallest absolute Gasteiger partial charge is 0.251 e. The SMILES string of the molecule is CCCOc1ccc(/C=C/C(=O)N2CCN(CC(F)F)CC2)cc1OCC. The Morgan fingerprint density at radius 1 is 1.15 bits per heavy atom. The molecule has 5 nitrogen and oxygen atoms in total. The Hall–Kier alpha value is -2.15.